The van der Waals surface area contributed by atoms with Crippen LogP contribution in [0.1, 0.15) is 26.7 Å². The Morgan fingerprint density at radius 2 is 1.48 bits per heavy atom. The molecule has 4 saturated heterocycles. The van der Waals surface area contributed by atoms with Crippen LogP contribution in [0.4, 0.5) is 0 Å². The van der Waals surface area contributed by atoms with E-state index in [4.69, 9.17) is 5.11 Å². The van der Waals surface area contributed by atoms with Crippen molar-refractivity contribution in [3.63, 3.8) is 0 Å². The van der Waals surface area contributed by atoms with E-state index < -0.39 is 31.1 Å². The van der Waals surface area contributed by atoms with Gasteiger partial charge in [0, 0.05) is 26.2 Å². The monoisotopic (exact) mass is 328 g/mol. The summed E-state index contributed by atoms with van der Waals surface area (Å²) >= 11 is 0. The van der Waals surface area contributed by atoms with Crippen LogP contribution >= 0.6 is 0 Å². The maximum absolute atomic E-state index is 13.0. The summed E-state index contributed by atoms with van der Waals surface area (Å²) < 4.78 is 0. The SMILES string of the molecule is CCC12CN3CC(CC)(CN(C1)C3[C@@H](O)[C@H](O)[C@H](O)CO)C2=O. The van der Waals surface area contributed by atoms with E-state index in [1.165, 1.54) is 0 Å². The van der Waals surface area contributed by atoms with Crippen molar-refractivity contribution in [3.05, 3.63) is 0 Å². The van der Waals surface area contributed by atoms with Crippen LogP contribution in [0.3, 0.4) is 0 Å². The molecule has 4 aliphatic rings. The molecule has 0 aromatic carbocycles. The van der Waals surface area contributed by atoms with Crippen molar-refractivity contribution in [1.29, 1.82) is 0 Å². The zero-order chi connectivity index (χ0) is 17.0. The van der Waals surface area contributed by atoms with E-state index >= 15 is 0 Å². The van der Waals surface area contributed by atoms with Gasteiger partial charge in [-0.15, -0.1) is 0 Å². The van der Waals surface area contributed by atoms with Gasteiger partial charge in [0.1, 0.15) is 24.1 Å². The number of Topliss-reactive ketones (excluding diaryl/α,β-unsaturated/α-hetero) is 1. The predicted molar refractivity (Wildman–Crippen MR) is 82.5 cm³/mol. The van der Waals surface area contributed by atoms with E-state index in [9.17, 15) is 20.1 Å². The number of rotatable bonds is 6. The van der Waals surface area contributed by atoms with E-state index in [1.54, 1.807) is 0 Å². The lowest BCUT2D eigenvalue weighted by Crippen LogP contribution is -2.81. The highest BCUT2D eigenvalue weighted by Crippen LogP contribution is 2.51. The molecule has 0 aromatic rings. The Hall–Kier alpha value is -0.570. The van der Waals surface area contributed by atoms with E-state index in [0.717, 1.165) is 12.8 Å². The van der Waals surface area contributed by atoms with Gasteiger partial charge in [-0.1, -0.05) is 13.8 Å². The van der Waals surface area contributed by atoms with Gasteiger partial charge in [-0.05, 0) is 12.8 Å². The zero-order valence-corrected chi connectivity index (χ0v) is 13.9. The van der Waals surface area contributed by atoms with E-state index in [2.05, 4.69) is 9.80 Å². The lowest BCUT2D eigenvalue weighted by molar-refractivity contribution is -0.231. The number of ketones is 1. The number of carbonyl (C=O) groups excluding carboxylic acids is 1. The molecule has 4 N–H and O–H groups in total. The molecular formula is C16H28N2O5. The Morgan fingerprint density at radius 1 is 1.04 bits per heavy atom. The van der Waals surface area contributed by atoms with Crippen molar-refractivity contribution in [1.82, 2.24) is 9.80 Å². The van der Waals surface area contributed by atoms with Crippen LogP contribution in [0.2, 0.25) is 0 Å². The molecule has 0 unspecified atom stereocenters. The number of piperidine rings is 2. The maximum atomic E-state index is 13.0. The molecule has 0 aliphatic carbocycles. The predicted octanol–water partition coefficient (Wildman–Crippen LogP) is -1.61. The average molecular weight is 328 g/mol. The first kappa shape index (κ1) is 17.3. The number of hydrogen-bond acceptors (Lipinski definition) is 7. The van der Waals surface area contributed by atoms with Crippen molar-refractivity contribution in [2.24, 2.45) is 10.8 Å². The quantitative estimate of drug-likeness (QED) is 0.465. The molecular weight excluding hydrogens is 300 g/mol. The summed E-state index contributed by atoms with van der Waals surface area (Å²) in [7, 11) is 0. The summed E-state index contributed by atoms with van der Waals surface area (Å²) in [6.45, 7) is 5.82. The number of aliphatic hydroxyl groups is 4. The van der Waals surface area contributed by atoms with Gasteiger partial charge >= 0.3 is 0 Å². The third kappa shape index (κ3) is 2.29. The Balaban J connectivity index is 1.88. The van der Waals surface area contributed by atoms with E-state index in [0.29, 0.717) is 32.0 Å². The summed E-state index contributed by atoms with van der Waals surface area (Å²) in [5.74, 6) is 0.353. The molecule has 7 heteroatoms. The van der Waals surface area contributed by atoms with Gasteiger partial charge in [0.25, 0.3) is 0 Å². The normalized spacial score (nSPS) is 46.0. The molecule has 4 aliphatic heterocycles. The van der Waals surface area contributed by atoms with Gasteiger partial charge < -0.3 is 20.4 Å². The van der Waals surface area contributed by atoms with Crippen molar-refractivity contribution < 1.29 is 25.2 Å². The van der Waals surface area contributed by atoms with Crippen LogP contribution in [-0.2, 0) is 4.79 Å². The van der Waals surface area contributed by atoms with Gasteiger partial charge in [-0.2, -0.15) is 0 Å². The number of carbonyl (C=O) groups is 1. The lowest BCUT2D eigenvalue weighted by Gasteiger charge is -2.67. The molecule has 0 aromatic heterocycles. The molecule has 0 saturated carbocycles. The van der Waals surface area contributed by atoms with Crippen molar-refractivity contribution in [3.8, 4) is 0 Å². The molecule has 0 radical (unpaired) electrons. The second-order valence-corrected chi connectivity index (χ2v) is 7.55. The van der Waals surface area contributed by atoms with Gasteiger partial charge in [0.15, 0.2) is 0 Å². The van der Waals surface area contributed by atoms with Gasteiger partial charge in [0.2, 0.25) is 0 Å². The highest BCUT2D eigenvalue weighted by atomic mass is 16.4. The van der Waals surface area contributed by atoms with Crippen molar-refractivity contribution >= 4 is 5.78 Å². The maximum Gasteiger partial charge on any atom is 0.150 e. The van der Waals surface area contributed by atoms with Gasteiger partial charge in [0.05, 0.1) is 23.6 Å². The number of nitrogens with zero attached hydrogens (tertiary/aromatic N) is 2. The number of hydrogen-bond donors (Lipinski definition) is 4. The molecule has 7 nitrogen and oxygen atoms in total. The van der Waals surface area contributed by atoms with Crippen LogP contribution in [0.15, 0.2) is 0 Å². The molecule has 0 spiro atoms. The summed E-state index contributed by atoms with van der Waals surface area (Å²) in [5, 5.41) is 39.3. The number of aliphatic hydroxyl groups excluding tert-OH is 4. The van der Waals surface area contributed by atoms with Crippen LogP contribution in [0.25, 0.3) is 0 Å². The first-order valence-electron chi connectivity index (χ1n) is 8.52. The van der Waals surface area contributed by atoms with Crippen LogP contribution in [-0.4, -0.2) is 93.3 Å². The summed E-state index contributed by atoms with van der Waals surface area (Å²) in [5.41, 5.74) is -0.771. The average Bonchev–Trinajstić information content (AvgIpc) is 2.56. The highest BCUT2D eigenvalue weighted by Gasteiger charge is 2.65. The minimum Gasteiger partial charge on any atom is -0.394 e. The van der Waals surface area contributed by atoms with Crippen molar-refractivity contribution in [2.75, 3.05) is 32.8 Å². The molecule has 4 heterocycles. The first-order chi connectivity index (χ1) is 10.8. The van der Waals surface area contributed by atoms with Gasteiger partial charge in [-0.25, -0.2) is 0 Å². The fourth-order valence-electron chi connectivity index (χ4n) is 4.93. The highest BCUT2D eigenvalue weighted by molar-refractivity contribution is 5.93. The third-order valence-corrected chi connectivity index (χ3v) is 6.32. The molecule has 4 rings (SSSR count). The molecule has 132 valence electrons. The minimum absolute atomic E-state index is 0.353. The zero-order valence-electron chi connectivity index (χ0n) is 13.9. The lowest BCUT2D eigenvalue weighted by atomic mass is 9.58. The molecule has 0 amide bonds. The van der Waals surface area contributed by atoms with Crippen molar-refractivity contribution in [2.45, 2.75) is 51.2 Å². The largest absolute Gasteiger partial charge is 0.394 e. The summed E-state index contributed by atoms with van der Waals surface area (Å²) in [6.07, 6.45) is -2.84. The molecule has 23 heavy (non-hydrogen) atoms. The fourth-order valence-corrected chi connectivity index (χ4v) is 4.93. The molecule has 4 bridgehead atoms. The molecule has 4 fully saturated rings. The van der Waals surface area contributed by atoms with Gasteiger partial charge in [-0.3, -0.25) is 14.6 Å². The second kappa shape index (κ2) is 5.75. The Kier molecular flexibility index (Phi) is 4.32. The molecule has 3 atom stereocenters. The van der Waals surface area contributed by atoms with E-state index in [-0.39, 0.29) is 10.8 Å². The minimum atomic E-state index is -1.41. The van der Waals surface area contributed by atoms with Crippen LogP contribution in [0.5, 0.6) is 0 Å². The Morgan fingerprint density at radius 3 is 1.83 bits per heavy atom. The fraction of sp³-hybridized carbons (Fsp3) is 0.938. The standard InChI is InChI=1S/C16H28N2O5/c1-3-15-6-17-8-16(4-2,14(15)23)9-18(7-15)13(17)12(22)11(21)10(20)5-19/h10-13,19-22H,3-9H2,1-2H3/t10-,11-,12+,13?,15?,16?/m1/s1. The van der Waals surface area contributed by atoms with Crippen LogP contribution in [0, 0.1) is 10.8 Å². The van der Waals surface area contributed by atoms with Crippen LogP contribution < -0.4 is 0 Å². The topological polar surface area (TPSA) is 104 Å². The summed E-state index contributed by atoms with van der Waals surface area (Å²) in [6, 6.07) is 0. The Labute approximate surface area is 136 Å². The Bertz CT molecular complexity index is 443. The van der Waals surface area contributed by atoms with E-state index in [1.807, 2.05) is 13.8 Å². The third-order valence-electron chi connectivity index (χ3n) is 6.32. The summed E-state index contributed by atoms with van der Waals surface area (Å²) in [4.78, 5) is 17.2. The smallest absolute Gasteiger partial charge is 0.150 e. The first-order valence-corrected chi connectivity index (χ1v) is 8.52. The second-order valence-electron chi connectivity index (χ2n) is 7.55.